The van der Waals surface area contributed by atoms with Crippen molar-refractivity contribution in [2.24, 2.45) is 0 Å². The third-order valence-corrected chi connectivity index (χ3v) is 10.0. The normalized spacial score (nSPS) is 21.4. The van der Waals surface area contributed by atoms with Crippen molar-refractivity contribution in [1.29, 1.82) is 0 Å². The van der Waals surface area contributed by atoms with Crippen LogP contribution in [0.3, 0.4) is 0 Å². The molecule has 3 aromatic rings. The van der Waals surface area contributed by atoms with Gasteiger partial charge < -0.3 is 14.4 Å². The molecule has 39 heavy (non-hydrogen) atoms. The second-order valence-corrected chi connectivity index (χ2v) is 13.1. The summed E-state index contributed by atoms with van der Waals surface area (Å²) in [6.07, 6.45) is 1.89. The standard InChI is InChI=1S/C29H32N4O5S/c1-20-3-2-4-24-25(20)27-23(18-39(24,35)36)26(28(34)32-13-16-38-29(19-32)9-10-29)30-33(27)22-7-5-21(6-8-22)17-31-11-14-37-15-12-31/h2-8H,9-19H2,1H3. The molecule has 1 aromatic heterocycles. The van der Waals surface area contributed by atoms with Gasteiger partial charge >= 0.3 is 0 Å². The predicted octanol–water partition coefficient (Wildman–Crippen LogP) is 2.97. The van der Waals surface area contributed by atoms with Crippen LogP contribution in [0.25, 0.3) is 16.9 Å². The van der Waals surface area contributed by atoms with Crippen molar-refractivity contribution >= 4 is 15.7 Å². The van der Waals surface area contributed by atoms with Crippen LogP contribution in [0.15, 0.2) is 47.4 Å². The summed E-state index contributed by atoms with van der Waals surface area (Å²) in [6, 6.07) is 13.5. The number of carbonyl (C=O) groups is 1. The Morgan fingerprint density at radius 1 is 1.03 bits per heavy atom. The molecule has 2 saturated heterocycles. The lowest BCUT2D eigenvalue weighted by molar-refractivity contribution is -0.0377. The molecular weight excluding hydrogens is 516 g/mol. The molecule has 1 amide bonds. The molecule has 0 bridgehead atoms. The van der Waals surface area contributed by atoms with E-state index < -0.39 is 9.84 Å². The maximum Gasteiger partial charge on any atom is 0.274 e. The Hall–Kier alpha value is -3.05. The zero-order valence-electron chi connectivity index (χ0n) is 22.1. The lowest BCUT2D eigenvalue weighted by Crippen LogP contribution is -2.47. The quantitative estimate of drug-likeness (QED) is 0.495. The second kappa shape index (κ2) is 9.26. The van der Waals surface area contributed by atoms with E-state index >= 15 is 0 Å². The van der Waals surface area contributed by atoms with E-state index in [2.05, 4.69) is 17.0 Å². The molecule has 10 heteroatoms. The molecule has 2 aromatic carbocycles. The van der Waals surface area contributed by atoms with Crippen molar-refractivity contribution in [3.63, 3.8) is 0 Å². The van der Waals surface area contributed by atoms with Crippen LogP contribution in [0.4, 0.5) is 0 Å². The van der Waals surface area contributed by atoms with E-state index in [0.717, 1.165) is 56.9 Å². The molecule has 0 radical (unpaired) electrons. The van der Waals surface area contributed by atoms with Crippen LogP contribution in [0, 0.1) is 6.92 Å². The summed E-state index contributed by atoms with van der Waals surface area (Å²) in [4.78, 5) is 18.3. The van der Waals surface area contributed by atoms with Gasteiger partial charge in [0.25, 0.3) is 5.91 Å². The molecule has 1 saturated carbocycles. The van der Waals surface area contributed by atoms with Crippen LogP contribution in [-0.4, -0.2) is 85.5 Å². The van der Waals surface area contributed by atoms with Crippen molar-refractivity contribution in [1.82, 2.24) is 19.6 Å². The van der Waals surface area contributed by atoms with E-state index in [0.29, 0.717) is 41.4 Å². The lowest BCUT2D eigenvalue weighted by Gasteiger charge is -2.33. The van der Waals surface area contributed by atoms with E-state index in [1.807, 2.05) is 25.1 Å². The van der Waals surface area contributed by atoms with Crippen molar-refractivity contribution < 1.29 is 22.7 Å². The summed E-state index contributed by atoms with van der Waals surface area (Å²) >= 11 is 0. The van der Waals surface area contributed by atoms with Gasteiger partial charge in [-0.15, -0.1) is 0 Å². The number of sulfone groups is 1. The van der Waals surface area contributed by atoms with Gasteiger partial charge in [-0.05, 0) is 49.1 Å². The molecule has 3 fully saturated rings. The second-order valence-electron chi connectivity index (χ2n) is 11.1. The van der Waals surface area contributed by atoms with Crippen molar-refractivity contribution in [2.45, 2.75) is 42.6 Å². The molecule has 4 aliphatic rings. The van der Waals surface area contributed by atoms with Crippen LogP contribution < -0.4 is 0 Å². The summed E-state index contributed by atoms with van der Waals surface area (Å²) in [5.74, 6) is -0.472. The van der Waals surface area contributed by atoms with Gasteiger partial charge in [0.15, 0.2) is 15.5 Å². The molecule has 9 nitrogen and oxygen atoms in total. The average Bonchev–Trinajstić information content (AvgIpc) is 3.57. The predicted molar refractivity (Wildman–Crippen MR) is 145 cm³/mol. The van der Waals surface area contributed by atoms with Crippen LogP contribution in [0.1, 0.15) is 40.0 Å². The number of hydrogen-bond donors (Lipinski definition) is 0. The molecule has 204 valence electrons. The first kappa shape index (κ1) is 25.0. The Morgan fingerprint density at radius 3 is 2.54 bits per heavy atom. The monoisotopic (exact) mass is 548 g/mol. The minimum Gasteiger partial charge on any atom is -0.379 e. The van der Waals surface area contributed by atoms with Crippen molar-refractivity contribution in [2.75, 3.05) is 46.0 Å². The van der Waals surface area contributed by atoms with Gasteiger partial charge in [0, 0.05) is 37.3 Å². The number of carbonyl (C=O) groups excluding carboxylic acids is 1. The highest BCUT2D eigenvalue weighted by Crippen LogP contribution is 2.44. The van der Waals surface area contributed by atoms with Gasteiger partial charge in [-0.25, -0.2) is 13.1 Å². The minimum atomic E-state index is -3.63. The van der Waals surface area contributed by atoms with Gasteiger partial charge in [0.2, 0.25) is 0 Å². The van der Waals surface area contributed by atoms with Gasteiger partial charge in [-0.2, -0.15) is 5.10 Å². The maximum absolute atomic E-state index is 13.9. The van der Waals surface area contributed by atoms with E-state index in [1.54, 1.807) is 21.7 Å². The van der Waals surface area contributed by atoms with Crippen molar-refractivity contribution in [3.05, 3.63) is 64.8 Å². The number of nitrogens with zero attached hydrogens (tertiary/aromatic N) is 4. The molecule has 3 aliphatic heterocycles. The Labute approximate surface area is 228 Å². The third kappa shape index (κ3) is 4.39. The SMILES string of the molecule is Cc1cccc2c1-c1c(c(C(=O)N3CCOC4(CC4)C3)nn1-c1ccc(CN3CCOCC3)cc1)CS2(=O)=O. The lowest BCUT2D eigenvalue weighted by atomic mass is 10.0. The fourth-order valence-corrected chi connectivity index (χ4v) is 7.71. The molecule has 1 aliphatic carbocycles. The molecule has 1 spiro atoms. The number of ether oxygens (including phenoxy) is 2. The number of morpholine rings is 2. The summed E-state index contributed by atoms with van der Waals surface area (Å²) in [5.41, 5.74) is 4.60. The molecule has 0 atom stereocenters. The van der Waals surface area contributed by atoms with Crippen molar-refractivity contribution in [3.8, 4) is 16.9 Å². The zero-order valence-corrected chi connectivity index (χ0v) is 22.9. The Bertz CT molecular complexity index is 1550. The van der Waals surface area contributed by atoms with Gasteiger partial charge in [-0.1, -0.05) is 24.3 Å². The number of fused-ring (bicyclic) bond motifs is 3. The van der Waals surface area contributed by atoms with Crippen LogP contribution in [0.5, 0.6) is 0 Å². The molecule has 0 unspecified atom stereocenters. The van der Waals surface area contributed by atoms with E-state index in [4.69, 9.17) is 14.6 Å². The van der Waals surface area contributed by atoms with Crippen LogP contribution >= 0.6 is 0 Å². The van der Waals surface area contributed by atoms with E-state index in [1.165, 1.54) is 5.56 Å². The van der Waals surface area contributed by atoms with E-state index in [-0.39, 0.29) is 23.0 Å². The summed E-state index contributed by atoms with van der Waals surface area (Å²) in [6.45, 7) is 7.55. The Balaban J connectivity index is 1.32. The van der Waals surface area contributed by atoms with Crippen LogP contribution in [-0.2, 0) is 31.6 Å². The molecular formula is C29H32N4O5S. The highest BCUT2D eigenvalue weighted by molar-refractivity contribution is 7.90. The first-order chi connectivity index (χ1) is 18.8. The fraction of sp³-hybridized carbons (Fsp3) is 0.448. The average molecular weight is 549 g/mol. The summed E-state index contributed by atoms with van der Waals surface area (Å²) < 4.78 is 40.0. The molecule has 0 N–H and O–H groups in total. The highest BCUT2D eigenvalue weighted by atomic mass is 32.2. The highest BCUT2D eigenvalue weighted by Gasteiger charge is 2.49. The third-order valence-electron chi connectivity index (χ3n) is 8.36. The summed E-state index contributed by atoms with van der Waals surface area (Å²) in [5, 5.41) is 4.85. The number of amides is 1. The Morgan fingerprint density at radius 2 is 1.79 bits per heavy atom. The molecule has 4 heterocycles. The zero-order chi connectivity index (χ0) is 26.8. The number of rotatable bonds is 4. The number of aryl methyl sites for hydroxylation is 1. The minimum absolute atomic E-state index is 0.220. The maximum atomic E-state index is 13.9. The Kier molecular flexibility index (Phi) is 5.93. The van der Waals surface area contributed by atoms with Gasteiger partial charge in [0.05, 0.1) is 54.0 Å². The smallest absolute Gasteiger partial charge is 0.274 e. The van der Waals surface area contributed by atoms with Gasteiger partial charge in [0.1, 0.15) is 0 Å². The van der Waals surface area contributed by atoms with Gasteiger partial charge in [-0.3, -0.25) is 9.69 Å². The largest absolute Gasteiger partial charge is 0.379 e. The first-order valence-electron chi connectivity index (χ1n) is 13.6. The number of hydrogen-bond acceptors (Lipinski definition) is 7. The molecule has 7 rings (SSSR count). The van der Waals surface area contributed by atoms with E-state index in [9.17, 15) is 13.2 Å². The van der Waals surface area contributed by atoms with Crippen LogP contribution in [0.2, 0.25) is 0 Å². The number of benzene rings is 2. The summed E-state index contributed by atoms with van der Waals surface area (Å²) in [7, 11) is -3.63. The first-order valence-corrected chi connectivity index (χ1v) is 15.3. The number of aromatic nitrogens is 2. The fourth-order valence-electron chi connectivity index (χ4n) is 6.04. The topological polar surface area (TPSA) is 94.0 Å².